The number of benzene rings is 2. The van der Waals surface area contributed by atoms with E-state index >= 15 is 0 Å². The number of nitrogens with zero attached hydrogens (tertiary/aromatic N) is 3. The summed E-state index contributed by atoms with van der Waals surface area (Å²) in [7, 11) is 2.14. The number of rotatable bonds is 4. The van der Waals surface area contributed by atoms with Gasteiger partial charge in [-0.1, -0.05) is 53.2 Å². The second-order valence-electron chi connectivity index (χ2n) is 6.90. The SMILES string of the molecule is Cc1cccc(-c2noc(CN(C)C3CCCc4ccccc43)n2)c1. The Morgan fingerprint density at radius 1 is 1.16 bits per heavy atom. The molecule has 4 rings (SSSR count). The van der Waals surface area contributed by atoms with Crippen LogP contribution in [-0.4, -0.2) is 22.1 Å². The van der Waals surface area contributed by atoms with Gasteiger partial charge >= 0.3 is 0 Å². The first-order chi connectivity index (χ1) is 12.2. The van der Waals surface area contributed by atoms with Gasteiger partial charge in [-0.25, -0.2) is 0 Å². The van der Waals surface area contributed by atoms with Gasteiger partial charge in [-0.3, -0.25) is 4.90 Å². The van der Waals surface area contributed by atoms with Gasteiger partial charge in [0.2, 0.25) is 11.7 Å². The van der Waals surface area contributed by atoms with E-state index in [2.05, 4.69) is 65.4 Å². The van der Waals surface area contributed by atoms with E-state index in [-0.39, 0.29) is 0 Å². The molecule has 1 atom stereocenters. The van der Waals surface area contributed by atoms with Crippen LogP contribution in [0.2, 0.25) is 0 Å². The van der Waals surface area contributed by atoms with Crippen LogP contribution < -0.4 is 0 Å². The van der Waals surface area contributed by atoms with Crippen molar-refractivity contribution in [2.24, 2.45) is 0 Å². The summed E-state index contributed by atoms with van der Waals surface area (Å²) >= 11 is 0. The molecule has 3 aromatic rings. The van der Waals surface area contributed by atoms with Crippen LogP contribution >= 0.6 is 0 Å². The normalized spacial score (nSPS) is 16.8. The van der Waals surface area contributed by atoms with Gasteiger partial charge in [-0.05, 0) is 50.4 Å². The Balaban J connectivity index is 1.52. The quantitative estimate of drug-likeness (QED) is 0.702. The average molecular weight is 333 g/mol. The maximum absolute atomic E-state index is 5.51. The molecule has 0 amide bonds. The molecule has 0 fully saturated rings. The highest BCUT2D eigenvalue weighted by Crippen LogP contribution is 2.34. The molecular formula is C21H23N3O. The molecule has 0 spiro atoms. The molecule has 0 aliphatic heterocycles. The molecule has 0 saturated carbocycles. The minimum Gasteiger partial charge on any atom is -0.338 e. The van der Waals surface area contributed by atoms with Crippen LogP contribution in [0.5, 0.6) is 0 Å². The molecule has 25 heavy (non-hydrogen) atoms. The second kappa shape index (κ2) is 6.81. The van der Waals surface area contributed by atoms with E-state index in [1.165, 1.54) is 36.0 Å². The molecule has 0 bridgehead atoms. The molecule has 1 heterocycles. The third-order valence-corrected chi connectivity index (χ3v) is 5.00. The summed E-state index contributed by atoms with van der Waals surface area (Å²) in [5.41, 5.74) is 5.10. The summed E-state index contributed by atoms with van der Waals surface area (Å²) < 4.78 is 5.51. The minimum atomic E-state index is 0.416. The summed E-state index contributed by atoms with van der Waals surface area (Å²) in [5, 5.41) is 4.16. The zero-order valence-corrected chi connectivity index (χ0v) is 14.8. The van der Waals surface area contributed by atoms with Gasteiger partial charge < -0.3 is 4.52 Å². The van der Waals surface area contributed by atoms with Gasteiger partial charge in [0.05, 0.1) is 6.54 Å². The Morgan fingerprint density at radius 2 is 2.04 bits per heavy atom. The van der Waals surface area contributed by atoms with Crippen molar-refractivity contribution in [2.75, 3.05) is 7.05 Å². The fourth-order valence-electron chi connectivity index (χ4n) is 3.73. The molecule has 1 unspecified atom stereocenters. The predicted octanol–water partition coefficient (Wildman–Crippen LogP) is 4.55. The minimum absolute atomic E-state index is 0.416. The first-order valence-corrected chi connectivity index (χ1v) is 8.88. The Hall–Kier alpha value is -2.46. The molecular weight excluding hydrogens is 310 g/mol. The average Bonchev–Trinajstić information content (AvgIpc) is 3.10. The van der Waals surface area contributed by atoms with Crippen molar-refractivity contribution >= 4 is 0 Å². The summed E-state index contributed by atoms with van der Waals surface area (Å²) in [5.74, 6) is 1.33. The highest BCUT2D eigenvalue weighted by molar-refractivity contribution is 5.55. The third kappa shape index (κ3) is 3.35. The lowest BCUT2D eigenvalue weighted by Crippen LogP contribution is -2.27. The zero-order chi connectivity index (χ0) is 17.2. The standard InChI is InChI=1S/C21H23N3O/c1-15-7-5-10-17(13-15)21-22-20(25-23-21)14-24(2)19-12-6-9-16-8-3-4-11-18(16)19/h3-5,7-8,10-11,13,19H,6,9,12,14H2,1-2H3. The van der Waals surface area contributed by atoms with Crippen LogP contribution in [-0.2, 0) is 13.0 Å². The van der Waals surface area contributed by atoms with E-state index in [4.69, 9.17) is 4.52 Å². The van der Waals surface area contributed by atoms with Gasteiger partial charge in [0, 0.05) is 11.6 Å². The first kappa shape index (κ1) is 16.0. The molecule has 4 heteroatoms. The van der Waals surface area contributed by atoms with Gasteiger partial charge in [-0.2, -0.15) is 4.98 Å². The fraction of sp³-hybridized carbons (Fsp3) is 0.333. The van der Waals surface area contributed by atoms with Crippen molar-refractivity contribution in [3.63, 3.8) is 0 Å². The highest BCUT2D eigenvalue weighted by atomic mass is 16.5. The molecule has 1 aliphatic carbocycles. The van der Waals surface area contributed by atoms with Crippen LogP contribution in [0.4, 0.5) is 0 Å². The maximum atomic E-state index is 5.51. The van der Waals surface area contributed by atoms with Crippen molar-refractivity contribution in [1.82, 2.24) is 15.0 Å². The molecule has 128 valence electrons. The molecule has 0 saturated heterocycles. The van der Waals surface area contributed by atoms with Crippen LogP contribution in [0.25, 0.3) is 11.4 Å². The van der Waals surface area contributed by atoms with E-state index in [1.54, 1.807) is 0 Å². The molecule has 4 nitrogen and oxygen atoms in total. The Kier molecular flexibility index (Phi) is 4.36. The Morgan fingerprint density at radius 3 is 2.92 bits per heavy atom. The van der Waals surface area contributed by atoms with Crippen LogP contribution in [0.3, 0.4) is 0 Å². The van der Waals surface area contributed by atoms with Crippen molar-refractivity contribution in [1.29, 1.82) is 0 Å². The number of aryl methyl sites for hydroxylation is 2. The van der Waals surface area contributed by atoms with Crippen LogP contribution in [0.1, 0.15) is 41.5 Å². The number of hydrogen-bond donors (Lipinski definition) is 0. The van der Waals surface area contributed by atoms with E-state index in [0.717, 1.165) is 5.56 Å². The van der Waals surface area contributed by atoms with Crippen molar-refractivity contribution in [2.45, 2.75) is 38.8 Å². The first-order valence-electron chi connectivity index (χ1n) is 8.88. The fourth-order valence-corrected chi connectivity index (χ4v) is 3.73. The lowest BCUT2D eigenvalue weighted by molar-refractivity contribution is 0.187. The van der Waals surface area contributed by atoms with E-state index in [1.807, 2.05) is 12.1 Å². The number of hydrogen-bond acceptors (Lipinski definition) is 4. The van der Waals surface area contributed by atoms with E-state index in [9.17, 15) is 0 Å². The highest BCUT2D eigenvalue weighted by Gasteiger charge is 2.24. The molecule has 2 aromatic carbocycles. The molecule has 0 N–H and O–H groups in total. The van der Waals surface area contributed by atoms with Crippen molar-refractivity contribution < 1.29 is 4.52 Å². The Labute approximate surface area is 148 Å². The predicted molar refractivity (Wildman–Crippen MR) is 98.1 cm³/mol. The van der Waals surface area contributed by atoms with Gasteiger partial charge in [0.25, 0.3) is 0 Å². The lowest BCUT2D eigenvalue weighted by atomic mass is 9.87. The molecule has 1 aliphatic rings. The lowest BCUT2D eigenvalue weighted by Gasteiger charge is -2.32. The largest absolute Gasteiger partial charge is 0.338 e. The van der Waals surface area contributed by atoms with Gasteiger partial charge in [0.1, 0.15) is 0 Å². The zero-order valence-electron chi connectivity index (χ0n) is 14.8. The van der Waals surface area contributed by atoms with Crippen molar-refractivity contribution in [3.8, 4) is 11.4 Å². The van der Waals surface area contributed by atoms with E-state index in [0.29, 0.717) is 24.3 Å². The maximum Gasteiger partial charge on any atom is 0.241 e. The second-order valence-corrected chi connectivity index (χ2v) is 6.90. The van der Waals surface area contributed by atoms with Crippen molar-refractivity contribution in [3.05, 3.63) is 71.1 Å². The summed E-state index contributed by atoms with van der Waals surface area (Å²) in [6.45, 7) is 2.73. The van der Waals surface area contributed by atoms with Gasteiger partial charge in [0.15, 0.2) is 0 Å². The molecule has 1 aromatic heterocycles. The number of fused-ring (bicyclic) bond motifs is 1. The van der Waals surface area contributed by atoms with E-state index < -0.39 is 0 Å². The third-order valence-electron chi connectivity index (χ3n) is 5.00. The topological polar surface area (TPSA) is 42.2 Å². The number of aromatic nitrogens is 2. The summed E-state index contributed by atoms with van der Waals surface area (Å²) in [6, 6.07) is 17.4. The molecule has 0 radical (unpaired) electrons. The smallest absolute Gasteiger partial charge is 0.241 e. The monoisotopic (exact) mass is 333 g/mol. The summed E-state index contributed by atoms with van der Waals surface area (Å²) in [4.78, 5) is 6.92. The summed E-state index contributed by atoms with van der Waals surface area (Å²) in [6.07, 6.45) is 3.58. The van der Waals surface area contributed by atoms with Gasteiger partial charge in [-0.15, -0.1) is 0 Å². The van der Waals surface area contributed by atoms with Crippen LogP contribution in [0.15, 0.2) is 53.1 Å². The Bertz CT molecular complexity index is 871. The van der Waals surface area contributed by atoms with Crippen LogP contribution in [0, 0.1) is 6.92 Å².